The van der Waals surface area contributed by atoms with Gasteiger partial charge in [0.15, 0.2) is 0 Å². The van der Waals surface area contributed by atoms with E-state index in [-0.39, 0.29) is 18.1 Å². The SMILES string of the molecule is CC(C)C[C@H](NC(=O)c1ccc2[nH]nc(-c3ccc(CC4CC5COCC4CC(O)C5)cc3)c2c1)c1ccccn1. The van der Waals surface area contributed by atoms with Crippen LogP contribution in [-0.2, 0) is 11.2 Å². The van der Waals surface area contributed by atoms with Crippen LogP contribution in [0.4, 0.5) is 0 Å². The number of amides is 1. The van der Waals surface area contributed by atoms with Crippen molar-refractivity contribution in [1.82, 2.24) is 20.5 Å². The molecule has 1 aliphatic heterocycles. The van der Waals surface area contributed by atoms with Crippen LogP contribution in [0.15, 0.2) is 66.9 Å². The average Bonchev–Trinajstić information content (AvgIpc) is 3.22. The molecule has 2 aromatic carbocycles. The van der Waals surface area contributed by atoms with Gasteiger partial charge in [-0.2, -0.15) is 5.10 Å². The van der Waals surface area contributed by atoms with E-state index in [0.29, 0.717) is 29.2 Å². The van der Waals surface area contributed by atoms with Gasteiger partial charge in [-0.1, -0.05) is 44.2 Å². The number of carbonyl (C=O) groups is 1. The minimum absolute atomic E-state index is 0.117. The van der Waals surface area contributed by atoms with Crippen molar-refractivity contribution in [3.05, 3.63) is 83.7 Å². The van der Waals surface area contributed by atoms with Crippen molar-refractivity contribution in [1.29, 1.82) is 0 Å². The molecule has 4 aromatic rings. The number of aromatic nitrogens is 3. The van der Waals surface area contributed by atoms with Gasteiger partial charge in [-0.15, -0.1) is 0 Å². The average molecular weight is 553 g/mol. The first kappa shape index (κ1) is 27.6. The second-order valence-corrected chi connectivity index (χ2v) is 12.4. The van der Waals surface area contributed by atoms with Gasteiger partial charge in [0, 0.05) is 35.9 Å². The second-order valence-electron chi connectivity index (χ2n) is 12.4. The predicted molar refractivity (Wildman–Crippen MR) is 160 cm³/mol. The van der Waals surface area contributed by atoms with Crippen LogP contribution in [0.2, 0.25) is 0 Å². The van der Waals surface area contributed by atoms with Gasteiger partial charge in [0.25, 0.3) is 5.91 Å². The summed E-state index contributed by atoms with van der Waals surface area (Å²) in [6.07, 6.45) is 6.20. The van der Waals surface area contributed by atoms with E-state index in [2.05, 4.69) is 58.6 Å². The van der Waals surface area contributed by atoms with Gasteiger partial charge < -0.3 is 15.2 Å². The van der Waals surface area contributed by atoms with Crippen LogP contribution in [0.25, 0.3) is 22.2 Å². The minimum Gasteiger partial charge on any atom is -0.393 e. The third-order valence-corrected chi connectivity index (χ3v) is 8.78. The summed E-state index contributed by atoms with van der Waals surface area (Å²) in [4.78, 5) is 17.9. The summed E-state index contributed by atoms with van der Waals surface area (Å²) in [5, 5.41) is 22.3. The molecule has 1 aliphatic carbocycles. The van der Waals surface area contributed by atoms with E-state index in [1.807, 2.05) is 36.4 Å². The third kappa shape index (κ3) is 6.36. The normalized spacial score (nSPS) is 23.3. The van der Waals surface area contributed by atoms with Crippen LogP contribution in [0, 0.1) is 23.7 Å². The Kier molecular flexibility index (Phi) is 8.17. The summed E-state index contributed by atoms with van der Waals surface area (Å²) in [5.41, 5.74) is 5.52. The first-order chi connectivity index (χ1) is 19.9. The Morgan fingerprint density at radius 3 is 2.71 bits per heavy atom. The van der Waals surface area contributed by atoms with E-state index in [4.69, 9.17) is 4.74 Å². The number of aliphatic hydroxyl groups is 1. The maximum Gasteiger partial charge on any atom is 0.251 e. The molecule has 214 valence electrons. The molecule has 0 radical (unpaired) electrons. The molecule has 6 rings (SSSR count). The maximum atomic E-state index is 13.4. The molecule has 5 atom stereocenters. The standard InChI is InChI=1S/C34H40N4O3/c1-21(2)13-32(31-5-3-4-12-35-31)36-34(40)25-10-11-30-29(18-25)33(38-37-30)24-8-6-22(7-9-24)14-26-15-23-16-28(39)17-27(26)20-41-19-23/h3-12,18,21,23,26-28,32,39H,13-17,19-20H2,1-2H3,(H,36,40)(H,37,38)/t23?,26?,27?,28?,32-/m0/s1. The molecule has 1 saturated heterocycles. The Bertz CT molecular complexity index is 1470. The highest BCUT2D eigenvalue weighted by Gasteiger charge is 2.35. The lowest BCUT2D eigenvalue weighted by Crippen LogP contribution is -2.30. The zero-order chi connectivity index (χ0) is 28.3. The molecule has 41 heavy (non-hydrogen) atoms. The number of carbonyl (C=O) groups excluding carboxylic acids is 1. The summed E-state index contributed by atoms with van der Waals surface area (Å²) in [6.45, 7) is 5.83. The molecule has 7 heteroatoms. The monoisotopic (exact) mass is 552 g/mol. The number of nitrogens with zero attached hydrogens (tertiary/aromatic N) is 2. The van der Waals surface area contributed by atoms with E-state index in [1.54, 1.807) is 6.20 Å². The summed E-state index contributed by atoms with van der Waals surface area (Å²) in [6, 6.07) is 20.0. The number of ether oxygens (including phenoxy) is 1. The summed E-state index contributed by atoms with van der Waals surface area (Å²) in [5.74, 6) is 1.69. The molecule has 2 aliphatic rings. The number of aliphatic hydroxyl groups excluding tert-OH is 1. The van der Waals surface area contributed by atoms with Gasteiger partial charge in [-0.05, 0) is 91.7 Å². The van der Waals surface area contributed by atoms with Gasteiger partial charge >= 0.3 is 0 Å². The van der Waals surface area contributed by atoms with E-state index >= 15 is 0 Å². The fourth-order valence-electron chi connectivity index (χ4n) is 6.74. The largest absolute Gasteiger partial charge is 0.393 e. The number of H-pyrrole nitrogens is 1. The minimum atomic E-state index is -0.197. The molecule has 3 N–H and O–H groups in total. The van der Waals surface area contributed by atoms with Crippen LogP contribution < -0.4 is 5.32 Å². The fraction of sp³-hybridized carbons (Fsp3) is 0.441. The smallest absolute Gasteiger partial charge is 0.251 e. The Morgan fingerprint density at radius 1 is 1.07 bits per heavy atom. The predicted octanol–water partition coefficient (Wildman–Crippen LogP) is 6.11. The van der Waals surface area contributed by atoms with E-state index in [1.165, 1.54) is 5.56 Å². The van der Waals surface area contributed by atoms with E-state index < -0.39 is 0 Å². The van der Waals surface area contributed by atoms with E-state index in [9.17, 15) is 9.90 Å². The van der Waals surface area contributed by atoms with Crippen molar-refractivity contribution in [3.8, 4) is 11.3 Å². The van der Waals surface area contributed by atoms with Crippen molar-refractivity contribution in [2.75, 3.05) is 13.2 Å². The molecule has 4 unspecified atom stereocenters. The van der Waals surface area contributed by atoms with Crippen molar-refractivity contribution in [2.45, 2.75) is 58.1 Å². The third-order valence-electron chi connectivity index (χ3n) is 8.78. The number of aromatic amines is 1. The van der Waals surface area contributed by atoms with Gasteiger partial charge in [-0.3, -0.25) is 14.9 Å². The lowest BCUT2D eigenvalue weighted by Gasteiger charge is -2.24. The highest BCUT2D eigenvalue weighted by molar-refractivity contribution is 6.01. The molecule has 2 bridgehead atoms. The summed E-state index contributed by atoms with van der Waals surface area (Å²) in [7, 11) is 0. The first-order valence-electron chi connectivity index (χ1n) is 15.0. The second kappa shape index (κ2) is 12.1. The van der Waals surface area contributed by atoms with Crippen molar-refractivity contribution in [3.63, 3.8) is 0 Å². The number of benzene rings is 2. The van der Waals surface area contributed by atoms with Crippen molar-refractivity contribution < 1.29 is 14.6 Å². The maximum absolute atomic E-state index is 13.4. The Labute approximate surface area is 241 Å². The van der Waals surface area contributed by atoms with Gasteiger partial charge in [0.05, 0.1) is 29.1 Å². The highest BCUT2D eigenvalue weighted by Crippen LogP contribution is 2.38. The lowest BCUT2D eigenvalue weighted by atomic mass is 9.82. The number of pyridine rings is 1. The van der Waals surface area contributed by atoms with E-state index in [0.717, 1.165) is 73.2 Å². The number of fused-ring (bicyclic) bond motifs is 4. The lowest BCUT2D eigenvalue weighted by molar-refractivity contribution is 0.0244. The van der Waals surface area contributed by atoms with Gasteiger partial charge in [0.1, 0.15) is 0 Å². The van der Waals surface area contributed by atoms with Crippen LogP contribution in [0.3, 0.4) is 0 Å². The number of nitrogens with one attached hydrogen (secondary N) is 2. The molecule has 0 spiro atoms. The zero-order valence-electron chi connectivity index (χ0n) is 23.9. The number of hydrogen-bond donors (Lipinski definition) is 3. The van der Waals surface area contributed by atoms with Gasteiger partial charge in [-0.25, -0.2) is 0 Å². The topological polar surface area (TPSA) is 100 Å². The molecule has 7 nitrogen and oxygen atoms in total. The Balaban J connectivity index is 1.19. The number of rotatable bonds is 8. The molecule has 1 amide bonds. The van der Waals surface area contributed by atoms with Crippen molar-refractivity contribution in [2.24, 2.45) is 23.7 Å². The molecule has 3 heterocycles. The van der Waals surface area contributed by atoms with Crippen molar-refractivity contribution >= 4 is 16.8 Å². The Morgan fingerprint density at radius 2 is 1.93 bits per heavy atom. The molecule has 1 saturated carbocycles. The molecule has 2 aromatic heterocycles. The van der Waals surface area contributed by atoms with Crippen LogP contribution in [0.1, 0.15) is 67.2 Å². The summed E-state index contributed by atoms with van der Waals surface area (Å²) >= 11 is 0. The van der Waals surface area contributed by atoms with Gasteiger partial charge in [0.2, 0.25) is 0 Å². The van der Waals surface area contributed by atoms with Crippen LogP contribution in [-0.4, -0.2) is 45.5 Å². The number of hydrogen-bond acceptors (Lipinski definition) is 5. The highest BCUT2D eigenvalue weighted by atomic mass is 16.5. The molecular weight excluding hydrogens is 512 g/mol. The zero-order valence-corrected chi connectivity index (χ0v) is 23.9. The fourth-order valence-corrected chi connectivity index (χ4v) is 6.74. The summed E-state index contributed by atoms with van der Waals surface area (Å²) < 4.78 is 5.92. The Hall–Kier alpha value is -3.55. The molecular formula is C34H40N4O3. The first-order valence-corrected chi connectivity index (χ1v) is 15.0. The van der Waals surface area contributed by atoms with Crippen LogP contribution >= 0.6 is 0 Å². The van der Waals surface area contributed by atoms with Crippen LogP contribution in [0.5, 0.6) is 0 Å². The molecule has 2 fully saturated rings. The quantitative estimate of drug-likeness (QED) is 0.245.